The minimum absolute atomic E-state index is 0.0319. The first-order valence-electron chi connectivity index (χ1n) is 11.5. The maximum atomic E-state index is 13.4. The molecule has 0 radical (unpaired) electrons. The topological polar surface area (TPSA) is 96.4 Å². The van der Waals surface area contributed by atoms with Crippen molar-refractivity contribution in [1.82, 2.24) is 10.3 Å². The molecule has 5 rings (SSSR count). The van der Waals surface area contributed by atoms with Gasteiger partial charge in [-0.15, -0.1) is 11.3 Å². The second-order valence-corrected chi connectivity index (χ2v) is 11.1. The highest BCUT2D eigenvalue weighted by Gasteiger charge is 2.55. The van der Waals surface area contributed by atoms with Crippen LogP contribution in [0.15, 0.2) is 48.8 Å². The van der Waals surface area contributed by atoms with Crippen molar-refractivity contribution in [2.45, 2.75) is 45.6 Å². The maximum absolute atomic E-state index is 13.4. The molecule has 0 bridgehead atoms. The van der Waals surface area contributed by atoms with Crippen molar-refractivity contribution in [3.63, 3.8) is 0 Å². The summed E-state index contributed by atoms with van der Waals surface area (Å²) >= 11 is 1.46. The Labute approximate surface area is 202 Å². The van der Waals surface area contributed by atoms with E-state index < -0.39 is 5.97 Å². The number of thiophene rings is 1. The summed E-state index contributed by atoms with van der Waals surface area (Å²) in [4.78, 5) is 43.5. The third-order valence-electron chi connectivity index (χ3n) is 7.28. The van der Waals surface area contributed by atoms with Crippen molar-refractivity contribution in [1.29, 1.82) is 0 Å². The molecule has 34 heavy (non-hydrogen) atoms. The number of benzene rings is 1. The van der Waals surface area contributed by atoms with Crippen LogP contribution in [0.2, 0.25) is 0 Å². The molecular weight excluding hydrogens is 448 g/mol. The van der Waals surface area contributed by atoms with Gasteiger partial charge in [-0.05, 0) is 68.2 Å². The zero-order valence-electron chi connectivity index (χ0n) is 19.1. The summed E-state index contributed by atoms with van der Waals surface area (Å²) in [5, 5.41) is 12.2. The van der Waals surface area contributed by atoms with Gasteiger partial charge in [0, 0.05) is 39.3 Å². The number of carbonyl (C=O) groups excluding carboxylic acids is 2. The Kier molecular flexibility index (Phi) is 5.60. The number of aryl methyl sites for hydroxylation is 2. The molecule has 2 aromatic heterocycles. The normalized spacial score (nSPS) is 23.1. The molecule has 174 valence electrons. The predicted octanol–water partition coefficient (Wildman–Crippen LogP) is 5.03. The van der Waals surface area contributed by atoms with Crippen molar-refractivity contribution in [2.75, 3.05) is 0 Å². The lowest BCUT2D eigenvalue weighted by atomic mass is 9.50. The van der Waals surface area contributed by atoms with E-state index in [0.29, 0.717) is 29.5 Å². The summed E-state index contributed by atoms with van der Waals surface area (Å²) in [7, 11) is 0. The Hall–Kier alpha value is -3.32. The summed E-state index contributed by atoms with van der Waals surface area (Å²) in [6.07, 6.45) is 6.48. The van der Waals surface area contributed by atoms with Gasteiger partial charge in [-0.2, -0.15) is 0 Å². The molecule has 2 N–H and O–H groups in total. The number of carboxylic acids is 1. The lowest BCUT2D eigenvalue weighted by molar-refractivity contribution is -0.155. The van der Waals surface area contributed by atoms with E-state index in [1.807, 2.05) is 38.1 Å². The molecule has 0 unspecified atom stereocenters. The number of nitrogens with one attached hydrogen (secondary N) is 1. The smallest absolute Gasteiger partial charge is 0.306 e. The first-order valence-corrected chi connectivity index (χ1v) is 12.3. The second-order valence-electron chi connectivity index (χ2n) is 9.63. The van der Waals surface area contributed by atoms with Crippen molar-refractivity contribution >= 4 is 29.0 Å². The van der Waals surface area contributed by atoms with Crippen LogP contribution in [-0.4, -0.2) is 33.8 Å². The van der Waals surface area contributed by atoms with Crippen LogP contribution in [0.1, 0.15) is 61.7 Å². The molecule has 2 fully saturated rings. The first kappa shape index (κ1) is 22.5. The van der Waals surface area contributed by atoms with Crippen LogP contribution in [0.3, 0.4) is 0 Å². The van der Waals surface area contributed by atoms with Gasteiger partial charge >= 0.3 is 5.97 Å². The fourth-order valence-corrected chi connectivity index (χ4v) is 6.63. The number of nitrogens with zero attached hydrogens (tertiary/aromatic N) is 1. The molecule has 1 spiro atoms. The Balaban J connectivity index is 1.31. The lowest BCUT2D eigenvalue weighted by Gasteiger charge is -2.56. The van der Waals surface area contributed by atoms with E-state index in [-0.39, 0.29) is 29.1 Å². The number of amides is 1. The number of ketones is 1. The molecule has 2 saturated carbocycles. The summed E-state index contributed by atoms with van der Waals surface area (Å²) in [6, 6.07) is 11.3. The van der Waals surface area contributed by atoms with E-state index in [2.05, 4.69) is 10.3 Å². The van der Waals surface area contributed by atoms with E-state index in [4.69, 9.17) is 5.11 Å². The van der Waals surface area contributed by atoms with Crippen LogP contribution in [0, 0.1) is 25.2 Å². The third kappa shape index (κ3) is 3.94. The molecule has 2 aliphatic carbocycles. The average molecular weight is 475 g/mol. The van der Waals surface area contributed by atoms with Gasteiger partial charge in [0.05, 0.1) is 11.5 Å². The molecule has 2 aliphatic rings. The zero-order valence-corrected chi connectivity index (χ0v) is 19.9. The fourth-order valence-electron chi connectivity index (χ4n) is 5.57. The van der Waals surface area contributed by atoms with Gasteiger partial charge in [0.15, 0.2) is 5.78 Å². The van der Waals surface area contributed by atoms with Crippen LogP contribution in [0.5, 0.6) is 0 Å². The Morgan fingerprint density at radius 3 is 2.12 bits per heavy atom. The van der Waals surface area contributed by atoms with Gasteiger partial charge in [0.25, 0.3) is 5.91 Å². The molecule has 3 aromatic rings. The second kappa shape index (κ2) is 8.47. The molecule has 0 aliphatic heterocycles. The van der Waals surface area contributed by atoms with Gasteiger partial charge < -0.3 is 10.4 Å². The number of rotatable bonds is 6. The molecule has 1 amide bonds. The van der Waals surface area contributed by atoms with E-state index in [9.17, 15) is 14.4 Å². The van der Waals surface area contributed by atoms with Crippen LogP contribution in [0.4, 0.5) is 0 Å². The minimum Gasteiger partial charge on any atom is -0.481 e. The quantitative estimate of drug-likeness (QED) is 0.489. The summed E-state index contributed by atoms with van der Waals surface area (Å²) in [5.74, 6) is -1.33. The van der Waals surface area contributed by atoms with Crippen LogP contribution < -0.4 is 5.32 Å². The first-order chi connectivity index (χ1) is 16.3. The largest absolute Gasteiger partial charge is 0.481 e. The Morgan fingerprint density at radius 2 is 1.50 bits per heavy atom. The molecule has 2 heterocycles. The summed E-state index contributed by atoms with van der Waals surface area (Å²) in [5.41, 5.74) is 3.58. The van der Waals surface area contributed by atoms with E-state index in [0.717, 1.165) is 33.7 Å². The SMILES string of the molecule is Cc1sc(C)c(C(=O)c2ccc(-c3ccncc3)cc2)c1C(=O)NC1CC2(C1)CC(C(=O)O)C2. The van der Waals surface area contributed by atoms with Crippen molar-refractivity contribution in [3.8, 4) is 11.1 Å². The number of carboxylic acid groups (broad SMARTS) is 1. The van der Waals surface area contributed by atoms with Crippen molar-refractivity contribution in [2.24, 2.45) is 11.3 Å². The van der Waals surface area contributed by atoms with Crippen LogP contribution >= 0.6 is 11.3 Å². The Morgan fingerprint density at radius 1 is 0.912 bits per heavy atom. The highest BCUT2D eigenvalue weighted by Crippen LogP contribution is 2.58. The predicted molar refractivity (Wildman–Crippen MR) is 130 cm³/mol. The van der Waals surface area contributed by atoms with E-state index >= 15 is 0 Å². The van der Waals surface area contributed by atoms with Crippen molar-refractivity contribution < 1.29 is 19.5 Å². The third-order valence-corrected chi connectivity index (χ3v) is 8.30. The number of aromatic nitrogens is 1. The number of hydrogen-bond donors (Lipinski definition) is 2. The zero-order chi connectivity index (χ0) is 24.0. The molecular formula is C27H26N2O4S. The average Bonchev–Trinajstić information content (AvgIpc) is 3.08. The molecule has 1 aromatic carbocycles. The van der Waals surface area contributed by atoms with Gasteiger partial charge in [-0.1, -0.05) is 24.3 Å². The Bertz CT molecular complexity index is 1270. The number of pyridine rings is 1. The number of aliphatic carboxylic acids is 1. The highest BCUT2D eigenvalue weighted by molar-refractivity contribution is 7.12. The van der Waals surface area contributed by atoms with Crippen molar-refractivity contribution in [3.05, 3.63) is 75.2 Å². The van der Waals surface area contributed by atoms with Gasteiger partial charge in [0.1, 0.15) is 0 Å². The fraction of sp³-hybridized carbons (Fsp3) is 0.333. The minimum atomic E-state index is -0.723. The van der Waals surface area contributed by atoms with E-state index in [1.54, 1.807) is 24.5 Å². The van der Waals surface area contributed by atoms with Gasteiger partial charge in [-0.25, -0.2) is 0 Å². The van der Waals surface area contributed by atoms with Crippen LogP contribution in [0.25, 0.3) is 11.1 Å². The standard InChI is InChI=1S/C27H26N2O4S/c1-15-22(24(30)19-5-3-17(4-6-19)18-7-9-28-10-8-18)23(16(2)34-15)25(31)29-21-13-27(14-21)11-20(12-27)26(32)33/h3-10,20-21H,11-14H2,1-2H3,(H,29,31)(H,32,33). The lowest BCUT2D eigenvalue weighted by Crippen LogP contribution is -2.57. The summed E-state index contributed by atoms with van der Waals surface area (Å²) in [6.45, 7) is 3.76. The van der Waals surface area contributed by atoms with Gasteiger partial charge in [-0.3, -0.25) is 19.4 Å². The van der Waals surface area contributed by atoms with Gasteiger partial charge in [0.2, 0.25) is 0 Å². The monoisotopic (exact) mass is 474 g/mol. The molecule has 0 atom stereocenters. The molecule has 0 saturated heterocycles. The number of carbonyl (C=O) groups is 3. The molecule has 6 nitrogen and oxygen atoms in total. The highest BCUT2D eigenvalue weighted by atomic mass is 32.1. The maximum Gasteiger partial charge on any atom is 0.306 e. The van der Waals surface area contributed by atoms with Crippen LogP contribution in [-0.2, 0) is 4.79 Å². The summed E-state index contributed by atoms with van der Waals surface area (Å²) < 4.78 is 0. The molecule has 7 heteroatoms. The van der Waals surface area contributed by atoms with E-state index in [1.165, 1.54) is 11.3 Å². The number of hydrogen-bond acceptors (Lipinski definition) is 5.